The maximum Gasteiger partial charge on any atom is 0.138 e. The normalized spacial score (nSPS) is 11.8. The van der Waals surface area contributed by atoms with Crippen molar-refractivity contribution in [1.82, 2.24) is 4.57 Å². The minimum Gasteiger partial charge on any atom is -0.456 e. The summed E-state index contributed by atoms with van der Waals surface area (Å²) >= 11 is 0. The molecule has 0 saturated heterocycles. The average Bonchev–Trinajstić information content (AvgIpc) is 3.87. The predicted octanol–water partition coefficient (Wildman–Crippen LogP) is 13.7. The van der Waals surface area contributed by atoms with Gasteiger partial charge < -0.3 is 18.3 Å². The van der Waals surface area contributed by atoms with Gasteiger partial charge in [0.2, 0.25) is 0 Å². The summed E-state index contributed by atoms with van der Waals surface area (Å²) in [5, 5.41) is 6.81. The van der Waals surface area contributed by atoms with Gasteiger partial charge in [-0.05, 0) is 84.4 Å². The molecule has 0 aliphatic rings. The highest BCUT2D eigenvalue weighted by Gasteiger charge is 2.23. The van der Waals surface area contributed by atoms with Crippen molar-refractivity contribution in [1.29, 1.82) is 0 Å². The van der Waals surface area contributed by atoms with Crippen LogP contribution < -0.4 is 4.90 Å². The molecule has 0 bridgehead atoms. The van der Waals surface area contributed by atoms with Crippen LogP contribution in [0, 0.1) is 0 Å². The van der Waals surface area contributed by atoms with E-state index in [4.69, 9.17) is 8.83 Å². The topological polar surface area (TPSA) is 34.5 Å². The van der Waals surface area contributed by atoms with Crippen molar-refractivity contribution in [2.75, 3.05) is 4.90 Å². The summed E-state index contributed by atoms with van der Waals surface area (Å²) in [6.45, 7) is 0. The van der Waals surface area contributed by atoms with Crippen molar-refractivity contribution < 1.29 is 8.83 Å². The molecule has 0 aliphatic carbocycles. The molecule has 0 atom stereocenters. The molecule has 244 valence electrons. The second-order valence-electron chi connectivity index (χ2n) is 13.3. The van der Waals surface area contributed by atoms with Gasteiger partial charge >= 0.3 is 0 Å². The highest BCUT2D eigenvalue weighted by Crippen LogP contribution is 2.47. The van der Waals surface area contributed by atoms with E-state index in [9.17, 15) is 0 Å². The number of hydrogen-bond donors (Lipinski definition) is 0. The Kier molecular flexibility index (Phi) is 6.22. The van der Waals surface area contributed by atoms with Gasteiger partial charge in [-0.1, -0.05) is 97.1 Å². The van der Waals surface area contributed by atoms with Crippen LogP contribution in [0.25, 0.3) is 82.5 Å². The molecule has 0 radical (unpaired) electrons. The quantitative estimate of drug-likeness (QED) is 0.183. The molecule has 0 amide bonds. The Morgan fingerprint density at radius 3 is 1.65 bits per heavy atom. The number of benzene rings is 8. The first-order valence-electron chi connectivity index (χ1n) is 17.6. The first-order valence-corrected chi connectivity index (χ1v) is 17.6. The number of fused-ring (bicyclic) bond motifs is 9. The van der Waals surface area contributed by atoms with Crippen LogP contribution in [0.5, 0.6) is 0 Å². The van der Waals surface area contributed by atoms with E-state index in [0.717, 1.165) is 88.8 Å². The number of furan rings is 2. The van der Waals surface area contributed by atoms with Gasteiger partial charge in [-0.3, -0.25) is 0 Å². The number of hydrogen-bond acceptors (Lipinski definition) is 3. The summed E-state index contributed by atoms with van der Waals surface area (Å²) in [5.74, 6) is 0. The zero-order chi connectivity index (χ0) is 34.2. The molecule has 0 unspecified atom stereocenters. The van der Waals surface area contributed by atoms with Crippen LogP contribution in [0.3, 0.4) is 0 Å². The lowest BCUT2D eigenvalue weighted by Gasteiger charge is -2.25. The number of aromatic nitrogens is 1. The SMILES string of the molecule is c1ccc(N(c2ccccc2)c2ccc(-n3c4ccccc4c4c(-c5ccc6c(c5)oc5ccccc56)c5c(cc43)oc3ccccc35)cc2)cc1. The summed E-state index contributed by atoms with van der Waals surface area (Å²) in [5.41, 5.74) is 12.3. The van der Waals surface area contributed by atoms with Crippen molar-refractivity contribution in [3.63, 3.8) is 0 Å². The first kappa shape index (κ1) is 28.8. The molecule has 0 aliphatic heterocycles. The van der Waals surface area contributed by atoms with Gasteiger partial charge in [-0.15, -0.1) is 0 Å². The smallest absolute Gasteiger partial charge is 0.138 e. The molecule has 0 saturated carbocycles. The molecule has 3 aromatic heterocycles. The summed E-state index contributed by atoms with van der Waals surface area (Å²) in [7, 11) is 0. The molecule has 52 heavy (non-hydrogen) atoms. The fourth-order valence-electron chi connectivity index (χ4n) is 8.13. The highest BCUT2D eigenvalue weighted by molar-refractivity contribution is 6.27. The van der Waals surface area contributed by atoms with Crippen molar-refractivity contribution in [2.45, 2.75) is 0 Å². The summed E-state index contributed by atoms with van der Waals surface area (Å²) in [4.78, 5) is 2.29. The van der Waals surface area contributed by atoms with E-state index in [1.54, 1.807) is 0 Å². The van der Waals surface area contributed by atoms with Gasteiger partial charge in [0, 0.05) is 66.7 Å². The lowest BCUT2D eigenvalue weighted by molar-refractivity contribution is 0.668. The van der Waals surface area contributed by atoms with Crippen molar-refractivity contribution in [3.05, 3.63) is 182 Å². The van der Waals surface area contributed by atoms with E-state index in [-0.39, 0.29) is 0 Å². The highest BCUT2D eigenvalue weighted by atomic mass is 16.3. The van der Waals surface area contributed by atoms with Gasteiger partial charge in [-0.25, -0.2) is 0 Å². The minimum absolute atomic E-state index is 0.855. The number of rotatable bonds is 5. The molecule has 0 N–H and O–H groups in total. The van der Waals surface area contributed by atoms with Crippen LogP contribution in [-0.2, 0) is 0 Å². The number of para-hydroxylation sites is 5. The monoisotopic (exact) mass is 666 g/mol. The van der Waals surface area contributed by atoms with E-state index < -0.39 is 0 Å². The largest absolute Gasteiger partial charge is 0.456 e. The van der Waals surface area contributed by atoms with E-state index in [2.05, 4.69) is 173 Å². The van der Waals surface area contributed by atoms with E-state index in [1.165, 1.54) is 10.8 Å². The summed E-state index contributed by atoms with van der Waals surface area (Å²) in [6, 6.07) is 64.1. The molecule has 11 aromatic rings. The van der Waals surface area contributed by atoms with Gasteiger partial charge in [0.25, 0.3) is 0 Å². The van der Waals surface area contributed by atoms with Gasteiger partial charge in [0.15, 0.2) is 0 Å². The second-order valence-corrected chi connectivity index (χ2v) is 13.3. The molecule has 0 fully saturated rings. The fraction of sp³-hybridized carbons (Fsp3) is 0. The molecule has 0 spiro atoms. The molecule has 4 nitrogen and oxygen atoms in total. The lowest BCUT2D eigenvalue weighted by Crippen LogP contribution is -2.09. The van der Waals surface area contributed by atoms with E-state index in [0.29, 0.717) is 0 Å². The second kappa shape index (κ2) is 11.2. The summed E-state index contributed by atoms with van der Waals surface area (Å²) in [6.07, 6.45) is 0. The van der Waals surface area contributed by atoms with Gasteiger partial charge in [0.1, 0.15) is 22.3 Å². The van der Waals surface area contributed by atoms with E-state index >= 15 is 0 Å². The fourth-order valence-corrected chi connectivity index (χ4v) is 8.13. The number of anilines is 3. The Balaban J connectivity index is 1.18. The maximum absolute atomic E-state index is 6.65. The Morgan fingerprint density at radius 2 is 0.923 bits per heavy atom. The van der Waals surface area contributed by atoms with Crippen molar-refractivity contribution in [3.8, 4) is 16.8 Å². The average molecular weight is 667 g/mol. The van der Waals surface area contributed by atoms with Crippen LogP contribution in [0.15, 0.2) is 191 Å². The molecular formula is C48H30N2O2. The minimum atomic E-state index is 0.855. The Bertz CT molecular complexity index is 3080. The first-order chi connectivity index (χ1) is 25.8. The third-order valence-electron chi connectivity index (χ3n) is 10.4. The van der Waals surface area contributed by atoms with E-state index in [1.807, 2.05) is 18.2 Å². The van der Waals surface area contributed by atoms with Crippen LogP contribution in [0.4, 0.5) is 17.1 Å². The Hall–Kier alpha value is -7.04. The van der Waals surface area contributed by atoms with Crippen molar-refractivity contribution in [2.24, 2.45) is 0 Å². The van der Waals surface area contributed by atoms with Crippen molar-refractivity contribution >= 4 is 82.7 Å². The lowest BCUT2D eigenvalue weighted by atomic mass is 9.93. The zero-order valence-electron chi connectivity index (χ0n) is 28.0. The number of nitrogens with zero attached hydrogens (tertiary/aromatic N) is 2. The third-order valence-corrected chi connectivity index (χ3v) is 10.4. The molecule has 3 heterocycles. The summed E-state index contributed by atoms with van der Waals surface area (Å²) < 4.78 is 15.5. The van der Waals surface area contributed by atoms with Crippen LogP contribution in [-0.4, -0.2) is 4.57 Å². The molecule has 4 heteroatoms. The molecule has 11 rings (SSSR count). The van der Waals surface area contributed by atoms with Crippen LogP contribution in [0.1, 0.15) is 0 Å². The molecular weight excluding hydrogens is 637 g/mol. The van der Waals surface area contributed by atoms with Crippen LogP contribution >= 0.6 is 0 Å². The van der Waals surface area contributed by atoms with Gasteiger partial charge in [0.05, 0.1) is 11.0 Å². The van der Waals surface area contributed by atoms with Gasteiger partial charge in [-0.2, -0.15) is 0 Å². The standard InChI is InChI=1S/C48H30N2O2/c1-3-13-32(14-4-1)49(33-15-5-2-6-16-33)34-24-26-35(27-25-34)50-40-20-10-7-18-38(40)47-41(50)30-45-48(39-19-9-12-22-43(39)52-45)46(47)31-23-28-37-36-17-8-11-21-42(36)51-44(37)29-31/h1-30H. The Morgan fingerprint density at radius 1 is 0.365 bits per heavy atom. The Labute approximate surface area is 299 Å². The zero-order valence-corrected chi connectivity index (χ0v) is 28.0. The predicted molar refractivity (Wildman–Crippen MR) is 215 cm³/mol. The van der Waals surface area contributed by atoms with Crippen LogP contribution in [0.2, 0.25) is 0 Å². The maximum atomic E-state index is 6.65. The third kappa shape index (κ3) is 4.28. The molecule has 8 aromatic carbocycles.